The third-order valence-electron chi connectivity index (χ3n) is 3.94. The summed E-state index contributed by atoms with van der Waals surface area (Å²) in [5.74, 6) is -0.353. The van der Waals surface area contributed by atoms with Crippen molar-refractivity contribution in [3.8, 4) is 17.2 Å². The van der Waals surface area contributed by atoms with Crippen molar-refractivity contribution in [2.75, 3.05) is 7.11 Å². The first-order chi connectivity index (χ1) is 14.1. The van der Waals surface area contributed by atoms with Gasteiger partial charge in [0, 0.05) is 18.2 Å². The number of amides is 1. The quantitative estimate of drug-likeness (QED) is 0.588. The molecule has 3 rings (SSSR count). The Bertz CT molecular complexity index is 974. The molecule has 3 aromatic rings. The van der Waals surface area contributed by atoms with Crippen LogP contribution in [-0.4, -0.2) is 34.4 Å². The molecule has 150 valence electrons. The Hall–Kier alpha value is -3.75. The van der Waals surface area contributed by atoms with E-state index in [-0.39, 0.29) is 17.4 Å². The zero-order valence-electron chi connectivity index (χ0n) is 15.5. The van der Waals surface area contributed by atoms with Crippen LogP contribution in [0.3, 0.4) is 0 Å². The summed E-state index contributed by atoms with van der Waals surface area (Å²) in [6.45, 7) is -2.70. The van der Waals surface area contributed by atoms with Gasteiger partial charge in [0.15, 0.2) is 11.5 Å². The van der Waals surface area contributed by atoms with Crippen LogP contribution in [0.25, 0.3) is 11.8 Å². The van der Waals surface area contributed by atoms with Gasteiger partial charge in [-0.05, 0) is 29.8 Å². The maximum absolute atomic E-state index is 12.7. The van der Waals surface area contributed by atoms with E-state index < -0.39 is 6.61 Å². The lowest BCUT2D eigenvalue weighted by atomic mass is 10.1. The number of nitrogens with zero attached hydrogens (tertiary/aromatic N) is 3. The molecule has 1 aromatic heterocycles. The van der Waals surface area contributed by atoms with E-state index in [0.717, 1.165) is 11.3 Å². The topological polar surface area (TPSA) is 78.3 Å². The van der Waals surface area contributed by atoms with Gasteiger partial charge in [0.05, 0.1) is 12.8 Å². The van der Waals surface area contributed by atoms with E-state index in [0.29, 0.717) is 12.1 Å². The first-order valence-electron chi connectivity index (χ1n) is 8.58. The van der Waals surface area contributed by atoms with Crippen LogP contribution < -0.4 is 14.8 Å². The lowest BCUT2D eigenvalue weighted by Gasteiger charge is -2.12. The van der Waals surface area contributed by atoms with Gasteiger partial charge in [-0.3, -0.25) is 4.79 Å². The number of halogens is 2. The number of aromatic nitrogens is 3. The van der Waals surface area contributed by atoms with Crippen LogP contribution in [0.1, 0.15) is 11.1 Å². The van der Waals surface area contributed by atoms with Crippen LogP contribution in [0.2, 0.25) is 0 Å². The van der Waals surface area contributed by atoms with Crippen LogP contribution in [0.4, 0.5) is 8.78 Å². The molecule has 0 atom stereocenters. The lowest BCUT2D eigenvalue weighted by Crippen LogP contribution is -2.20. The van der Waals surface area contributed by atoms with Crippen molar-refractivity contribution in [2.45, 2.75) is 13.2 Å². The summed E-state index contributed by atoms with van der Waals surface area (Å²) in [4.78, 5) is 16.0. The van der Waals surface area contributed by atoms with Gasteiger partial charge in [0.25, 0.3) is 0 Å². The van der Waals surface area contributed by atoms with Gasteiger partial charge in [0.2, 0.25) is 5.91 Å². The number of methoxy groups -OCH3 is 1. The molecule has 0 saturated heterocycles. The fourth-order valence-electron chi connectivity index (χ4n) is 2.56. The van der Waals surface area contributed by atoms with Crippen LogP contribution in [-0.2, 0) is 11.3 Å². The van der Waals surface area contributed by atoms with E-state index in [4.69, 9.17) is 4.74 Å². The van der Waals surface area contributed by atoms with Crippen LogP contribution >= 0.6 is 0 Å². The van der Waals surface area contributed by atoms with Crippen LogP contribution in [0.5, 0.6) is 11.5 Å². The number of para-hydroxylation sites is 1. The van der Waals surface area contributed by atoms with Gasteiger partial charge in [-0.2, -0.15) is 13.9 Å². The second kappa shape index (κ2) is 9.45. The minimum absolute atomic E-state index is 0.127. The molecule has 0 spiro atoms. The molecule has 1 amide bonds. The van der Waals surface area contributed by atoms with Gasteiger partial charge < -0.3 is 14.8 Å². The van der Waals surface area contributed by atoms with E-state index in [1.807, 2.05) is 24.3 Å². The number of alkyl halides is 2. The number of hydrogen-bond acceptors (Lipinski definition) is 5. The fraction of sp³-hybridized carbons (Fsp3) is 0.150. The number of benzene rings is 2. The lowest BCUT2D eigenvalue weighted by molar-refractivity contribution is -0.116. The third-order valence-corrected chi connectivity index (χ3v) is 3.94. The molecule has 0 saturated carbocycles. The summed E-state index contributed by atoms with van der Waals surface area (Å²) in [5.41, 5.74) is 2.04. The number of rotatable bonds is 8. The minimum atomic E-state index is -3.01. The Labute approximate surface area is 165 Å². The van der Waals surface area contributed by atoms with E-state index in [2.05, 4.69) is 20.1 Å². The SMILES string of the molecule is COc1cccc(/C=C/C(=O)NCc2ccc(-n3cncn3)cc2)c1OC(F)F. The third kappa shape index (κ3) is 5.38. The van der Waals surface area contributed by atoms with Crippen molar-refractivity contribution in [1.29, 1.82) is 0 Å². The van der Waals surface area contributed by atoms with Crippen LogP contribution in [0, 0.1) is 0 Å². The Morgan fingerprint density at radius 2 is 2.03 bits per heavy atom. The predicted molar refractivity (Wildman–Crippen MR) is 102 cm³/mol. The maximum Gasteiger partial charge on any atom is 0.387 e. The normalized spacial score (nSPS) is 11.0. The molecule has 1 heterocycles. The molecule has 0 aliphatic heterocycles. The molecule has 0 unspecified atom stereocenters. The molecule has 0 aliphatic carbocycles. The molecule has 0 bridgehead atoms. The standard InChI is InChI=1S/C20H18F2N4O3/c1-28-17-4-2-3-15(19(17)29-20(21)22)7-10-18(27)24-11-14-5-8-16(9-6-14)26-13-23-12-25-26/h2-10,12-13,20H,11H2,1H3,(H,24,27)/b10-7+. The molecular formula is C20H18F2N4O3. The second-order valence-corrected chi connectivity index (χ2v) is 5.81. The van der Waals surface area contributed by atoms with E-state index in [1.54, 1.807) is 23.1 Å². The molecule has 2 aromatic carbocycles. The summed E-state index contributed by atoms with van der Waals surface area (Å²) < 4.78 is 36.5. The zero-order chi connectivity index (χ0) is 20.6. The summed E-state index contributed by atoms with van der Waals surface area (Å²) in [7, 11) is 1.35. The molecule has 1 N–H and O–H groups in total. The monoisotopic (exact) mass is 400 g/mol. The highest BCUT2D eigenvalue weighted by Gasteiger charge is 2.14. The Kier molecular flexibility index (Phi) is 6.51. The van der Waals surface area contributed by atoms with Gasteiger partial charge in [-0.25, -0.2) is 9.67 Å². The summed E-state index contributed by atoms with van der Waals surface area (Å²) in [6.07, 6.45) is 5.67. The van der Waals surface area contributed by atoms with Gasteiger partial charge in [0.1, 0.15) is 12.7 Å². The van der Waals surface area contributed by atoms with E-state index in [9.17, 15) is 13.6 Å². The Balaban J connectivity index is 1.61. The van der Waals surface area contributed by atoms with E-state index >= 15 is 0 Å². The van der Waals surface area contributed by atoms with Gasteiger partial charge >= 0.3 is 6.61 Å². The minimum Gasteiger partial charge on any atom is -0.493 e. The van der Waals surface area contributed by atoms with Gasteiger partial charge in [-0.15, -0.1) is 0 Å². The first-order valence-corrected chi connectivity index (χ1v) is 8.58. The van der Waals surface area contributed by atoms with Crippen LogP contribution in [0.15, 0.2) is 61.2 Å². The van der Waals surface area contributed by atoms with Crippen molar-refractivity contribution in [1.82, 2.24) is 20.1 Å². The smallest absolute Gasteiger partial charge is 0.387 e. The Morgan fingerprint density at radius 3 is 2.69 bits per heavy atom. The van der Waals surface area contributed by atoms with E-state index in [1.165, 1.54) is 31.7 Å². The van der Waals surface area contributed by atoms with Crippen molar-refractivity contribution >= 4 is 12.0 Å². The van der Waals surface area contributed by atoms with Gasteiger partial charge in [-0.1, -0.05) is 24.3 Å². The number of ether oxygens (including phenoxy) is 2. The zero-order valence-corrected chi connectivity index (χ0v) is 15.5. The Morgan fingerprint density at radius 1 is 1.24 bits per heavy atom. The van der Waals surface area contributed by atoms with Crippen molar-refractivity contribution in [3.63, 3.8) is 0 Å². The number of carbonyl (C=O) groups excluding carboxylic acids is 1. The average molecular weight is 400 g/mol. The first kappa shape index (κ1) is 20.0. The summed E-state index contributed by atoms with van der Waals surface area (Å²) in [6, 6.07) is 12.1. The second-order valence-electron chi connectivity index (χ2n) is 5.81. The fourth-order valence-corrected chi connectivity index (χ4v) is 2.56. The molecule has 0 fully saturated rings. The number of carbonyl (C=O) groups is 1. The molecular weight excluding hydrogens is 382 g/mol. The molecule has 0 aliphatic rings. The summed E-state index contributed by atoms with van der Waals surface area (Å²) in [5, 5.41) is 6.77. The molecule has 0 radical (unpaired) electrons. The highest BCUT2D eigenvalue weighted by atomic mass is 19.3. The molecule has 7 nitrogen and oxygen atoms in total. The maximum atomic E-state index is 12.7. The highest BCUT2D eigenvalue weighted by molar-refractivity contribution is 5.92. The summed E-state index contributed by atoms with van der Waals surface area (Å²) >= 11 is 0. The largest absolute Gasteiger partial charge is 0.493 e. The molecule has 29 heavy (non-hydrogen) atoms. The number of nitrogens with one attached hydrogen (secondary N) is 1. The average Bonchev–Trinajstić information content (AvgIpc) is 3.26. The number of hydrogen-bond donors (Lipinski definition) is 1. The predicted octanol–water partition coefficient (Wildman–Crippen LogP) is 3.21. The van der Waals surface area contributed by atoms with Crippen molar-refractivity contribution < 1.29 is 23.0 Å². The molecule has 9 heteroatoms. The van der Waals surface area contributed by atoms with Crippen molar-refractivity contribution in [2.24, 2.45) is 0 Å². The van der Waals surface area contributed by atoms with Crippen molar-refractivity contribution in [3.05, 3.63) is 72.3 Å². The highest BCUT2D eigenvalue weighted by Crippen LogP contribution is 2.33.